The first-order valence-corrected chi connectivity index (χ1v) is 9.87. The van der Waals surface area contributed by atoms with Gasteiger partial charge in [0, 0.05) is 16.4 Å². The normalized spacial score (nSPS) is 10.4. The third-order valence-electron chi connectivity index (χ3n) is 4.51. The number of amides is 2. The molecular weight excluding hydrogens is 400 g/mol. The summed E-state index contributed by atoms with van der Waals surface area (Å²) in [6, 6.07) is 17.9. The number of carbonyl (C=O) groups is 2. The van der Waals surface area contributed by atoms with Crippen LogP contribution in [0.1, 0.15) is 27.0 Å². The summed E-state index contributed by atoms with van der Waals surface area (Å²) in [6.45, 7) is 5.53. The van der Waals surface area contributed by atoms with Crippen molar-refractivity contribution in [2.24, 2.45) is 0 Å². The molecule has 3 aromatic rings. The second-order valence-corrected chi connectivity index (χ2v) is 7.48. The van der Waals surface area contributed by atoms with Gasteiger partial charge in [-0.2, -0.15) is 0 Å². The number of carbonyl (C=O) groups excluding carboxylic acids is 2. The van der Waals surface area contributed by atoms with Gasteiger partial charge in [-0.1, -0.05) is 35.9 Å². The molecule has 0 aliphatic carbocycles. The Bertz CT molecular complexity index is 1080. The van der Waals surface area contributed by atoms with Gasteiger partial charge in [0.05, 0.1) is 5.56 Å². The number of anilines is 2. The molecule has 154 valence electrons. The molecule has 0 aliphatic rings. The Balaban J connectivity index is 1.68. The van der Waals surface area contributed by atoms with E-state index in [1.165, 1.54) is 0 Å². The van der Waals surface area contributed by atoms with Crippen molar-refractivity contribution >= 4 is 34.8 Å². The zero-order chi connectivity index (χ0) is 21.7. The number of halogens is 1. The third kappa shape index (κ3) is 5.39. The molecule has 0 fully saturated rings. The van der Waals surface area contributed by atoms with Crippen LogP contribution in [0, 0.1) is 20.8 Å². The summed E-state index contributed by atoms with van der Waals surface area (Å²) in [7, 11) is 0. The lowest BCUT2D eigenvalue weighted by Crippen LogP contribution is -2.22. The average Bonchev–Trinajstić information content (AvgIpc) is 2.69. The summed E-state index contributed by atoms with van der Waals surface area (Å²) in [5.74, 6) is -0.316. The van der Waals surface area contributed by atoms with Gasteiger partial charge in [-0.05, 0) is 73.9 Å². The molecule has 0 bridgehead atoms. The predicted octanol–water partition coefficient (Wildman–Crippen LogP) is 5.54. The van der Waals surface area contributed by atoms with Gasteiger partial charge in [0.2, 0.25) is 0 Å². The van der Waals surface area contributed by atoms with Crippen LogP contribution < -0.4 is 15.4 Å². The molecule has 0 spiro atoms. The molecule has 0 heterocycles. The summed E-state index contributed by atoms with van der Waals surface area (Å²) in [5, 5.41) is 6.23. The summed E-state index contributed by atoms with van der Waals surface area (Å²) in [5.41, 5.74) is 4.58. The Morgan fingerprint density at radius 2 is 1.60 bits per heavy atom. The van der Waals surface area contributed by atoms with Gasteiger partial charge in [-0.3, -0.25) is 9.59 Å². The highest BCUT2D eigenvalue weighted by atomic mass is 35.5. The van der Waals surface area contributed by atoms with Crippen molar-refractivity contribution in [3.8, 4) is 5.75 Å². The highest BCUT2D eigenvalue weighted by Gasteiger charge is 2.14. The van der Waals surface area contributed by atoms with Crippen molar-refractivity contribution < 1.29 is 14.3 Å². The van der Waals surface area contributed by atoms with E-state index in [0.717, 1.165) is 16.7 Å². The molecule has 0 saturated heterocycles. The number of aryl methyl sites for hydroxylation is 2. The van der Waals surface area contributed by atoms with E-state index in [4.69, 9.17) is 16.3 Å². The fraction of sp³-hybridized carbons (Fsp3) is 0.167. The molecular formula is C24H23ClN2O3. The summed E-state index contributed by atoms with van der Waals surface area (Å²) >= 11 is 6.08. The number of hydrogen-bond donors (Lipinski definition) is 2. The fourth-order valence-electron chi connectivity index (χ4n) is 3.10. The van der Waals surface area contributed by atoms with E-state index in [9.17, 15) is 9.59 Å². The maximum atomic E-state index is 12.8. The minimum atomic E-state index is -0.343. The molecule has 2 amide bonds. The smallest absolute Gasteiger partial charge is 0.262 e. The van der Waals surface area contributed by atoms with Gasteiger partial charge >= 0.3 is 0 Å². The fourth-order valence-corrected chi connectivity index (χ4v) is 3.27. The van der Waals surface area contributed by atoms with E-state index < -0.39 is 0 Å². The van der Waals surface area contributed by atoms with Crippen LogP contribution in [0.2, 0.25) is 5.02 Å². The zero-order valence-electron chi connectivity index (χ0n) is 17.1. The SMILES string of the molecule is Cc1cc(C)cc(NC(=O)c2ccccc2OCC(=O)Nc2cccc(Cl)c2C)c1. The van der Waals surface area contributed by atoms with Crippen LogP contribution in [-0.2, 0) is 4.79 Å². The average molecular weight is 423 g/mol. The second kappa shape index (κ2) is 9.46. The Morgan fingerprint density at radius 1 is 0.900 bits per heavy atom. The highest BCUT2D eigenvalue weighted by molar-refractivity contribution is 6.31. The van der Waals surface area contributed by atoms with Gasteiger partial charge in [-0.15, -0.1) is 0 Å². The van der Waals surface area contributed by atoms with Crippen LogP contribution in [0.4, 0.5) is 11.4 Å². The molecule has 0 radical (unpaired) electrons. The molecule has 5 nitrogen and oxygen atoms in total. The Morgan fingerprint density at radius 3 is 2.33 bits per heavy atom. The lowest BCUT2D eigenvalue weighted by molar-refractivity contribution is -0.118. The first-order valence-electron chi connectivity index (χ1n) is 9.50. The van der Waals surface area contributed by atoms with E-state index >= 15 is 0 Å². The second-order valence-electron chi connectivity index (χ2n) is 7.08. The molecule has 0 atom stereocenters. The standard InChI is InChI=1S/C24H23ClN2O3/c1-15-11-16(2)13-18(12-15)26-24(29)19-7-4-5-10-22(19)30-14-23(28)27-21-9-6-8-20(25)17(21)3/h4-13H,14H2,1-3H3,(H,26,29)(H,27,28). The van der Waals surface area contributed by atoms with Gasteiger partial charge in [0.15, 0.2) is 6.61 Å². The van der Waals surface area contributed by atoms with E-state index in [2.05, 4.69) is 10.6 Å². The molecule has 30 heavy (non-hydrogen) atoms. The van der Waals surface area contributed by atoms with Crippen LogP contribution in [-0.4, -0.2) is 18.4 Å². The van der Waals surface area contributed by atoms with Gasteiger partial charge in [0.1, 0.15) is 5.75 Å². The minimum absolute atomic E-state index is 0.236. The molecule has 0 aromatic heterocycles. The number of benzene rings is 3. The van der Waals surface area contributed by atoms with Crippen molar-refractivity contribution in [2.75, 3.05) is 17.2 Å². The van der Waals surface area contributed by atoms with E-state index in [1.807, 2.05) is 39.0 Å². The Hall–Kier alpha value is -3.31. The van der Waals surface area contributed by atoms with Crippen molar-refractivity contribution in [1.29, 1.82) is 0 Å². The molecule has 0 saturated carbocycles. The van der Waals surface area contributed by atoms with Crippen molar-refractivity contribution in [3.05, 3.63) is 87.9 Å². The number of ether oxygens (including phenoxy) is 1. The van der Waals surface area contributed by atoms with E-state index in [-0.39, 0.29) is 18.4 Å². The monoisotopic (exact) mass is 422 g/mol. The van der Waals surface area contributed by atoms with Crippen molar-refractivity contribution in [2.45, 2.75) is 20.8 Å². The van der Waals surface area contributed by atoms with Gasteiger partial charge in [-0.25, -0.2) is 0 Å². The Labute approximate surface area is 181 Å². The minimum Gasteiger partial charge on any atom is -0.483 e. The highest BCUT2D eigenvalue weighted by Crippen LogP contribution is 2.24. The maximum absolute atomic E-state index is 12.8. The molecule has 0 unspecified atom stereocenters. The largest absolute Gasteiger partial charge is 0.483 e. The van der Waals surface area contributed by atoms with Crippen molar-refractivity contribution in [1.82, 2.24) is 0 Å². The topological polar surface area (TPSA) is 67.4 Å². The first kappa shape index (κ1) is 21.4. The van der Waals surface area contributed by atoms with Gasteiger partial charge < -0.3 is 15.4 Å². The summed E-state index contributed by atoms with van der Waals surface area (Å²) in [6.07, 6.45) is 0. The number of nitrogens with one attached hydrogen (secondary N) is 2. The molecule has 0 aliphatic heterocycles. The Kier molecular flexibility index (Phi) is 6.75. The molecule has 6 heteroatoms. The van der Waals surface area contributed by atoms with Crippen LogP contribution in [0.5, 0.6) is 5.75 Å². The third-order valence-corrected chi connectivity index (χ3v) is 4.92. The lowest BCUT2D eigenvalue weighted by Gasteiger charge is -2.13. The molecule has 2 N–H and O–H groups in total. The van der Waals surface area contributed by atoms with Crippen molar-refractivity contribution in [3.63, 3.8) is 0 Å². The quantitative estimate of drug-likeness (QED) is 0.548. The number of para-hydroxylation sites is 1. The first-order chi connectivity index (χ1) is 14.3. The van der Waals surface area contributed by atoms with Crippen LogP contribution in [0.3, 0.4) is 0 Å². The predicted molar refractivity (Wildman–Crippen MR) is 121 cm³/mol. The maximum Gasteiger partial charge on any atom is 0.262 e. The van der Waals surface area contributed by atoms with Crippen LogP contribution in [0.15, 0.2) is 60.7 Å². The summed E-state index contributed by atoms with van der Waals surface area (Å²) in [4.78, 5) is 25.1. The van der Waals surface area contributed by atoms with Crippen LogP contribution in [0.25, 0.3) is 0 Å². The van der Waals surface area contributed by atoms with E-state index in [0.29, 0.717) is 27.7 Å². The lowest BCUT2D eigenvalue weighted by atomic mass is 10.1. The number of rotatable bonds is 6. The molecule has 3 rings (SSSR count). The zero-order valence-corrected chi connectivity index (χ0v) is 17.8. The number of hydrogen-bond acceptors (Lipinski definition) is 3. The van der Waals surface area contributed by atoms with E-state index in [1.54, 1.807) is 42.5 Å². The summed E-state index contributed by atoms with van der Waals surface area (Å²) < 4.78 is 5.64. The van der Waals surface area contributed by atoms with Crippen LogP contribution >= 0.6 is 11.6 Å². The van der Waals surface area contributed by atoms with Gasteiger partial charge in [0.25, 0.3) is 11.8 Å². The molecule has 3 aromatic carbocycles.